The second-order valence-corrected chi connectivity index (χ2v) is 5.81. The Balaban J connectivity index is 1.52. The van der Waals surface area contributed by atoms with Gasteiger partial charge in [-0.15, -0.1) is 0 Å². The summed E-state index contributed by atoms with van der Waals surface area (Å²) < 4.78 is 0. The fourth-order valence-electron chi connectivity index (χ4n) is 2.52. The van der Waals surface area contributed by atoms with Gasteiger partial charge in [-0.1, -0.05) is 30.3 Å². The highest BCUT2D eigenvalue weighted by atomic mass is 16.4. The first kappa shape index (κ1) is 17.4. The molecule has 0 spiro atoms. The van der Waals surface area contributed by atoms with E-state index in [1.54, 1.807) is 24.3 Å². The van der Waals surface area contributed by atoms with Crippen molar-refractivity contribution in [2.75, 3.05) is 17.2 Å². The summed E-state index contributed by atoms with van der Waals surface area (Å²) in [6, 6.07) is 18.7. The number of hydrogen-bond donors (Lipinski definition) is 3. The Kier molecular flexibility index (Phi) is 5.77. The molecule has 0 amide bonds. The van der Waals surface area contributed by atoms with Gasteiger partial charge in [0.25, 0.3) is 0 Å². The van der Waals surface area contributed by atoms with E-state index in [-0.39, 0.29) is 5.56 Å². The molecular weight excluding hydrogens is 328 g/mol. The van der Waals surface area contributed by atoms with Crippen LogP contribution in [-0.4, -0.2) is 27.6 Å². The van der Waals surface area contributed by atoms with Gasteiger partial charge in [0.05, 0.1) is 5.56 Å². The predicted molar refractivity (Wildman–Crippen MR) is 102 cm³/mol. The highest BCUT2D eigenvalue weighted by Crippen LogP contribution is 2.17. The molecule has 3 aromatic rings. The molecule has 3 N–H and O–H groups in total. The molecule has 2 aromatic carbocycles. The maximum absolute atomic E-state index is 10.9. The van der Waals surface area contributed by atoms with Crippen LogP contribution in [0, 0.1) is 0 Å². The number of benzene rings is 2. The van der Waals surface area contributed by atoms with Crippen molar-refractivity contribution < 1.29 is 9.90 Å². The molecule has 0 bridgehead atoms. The molecule has 1 aromatic heterocycles. The average Bonchev–Trinajstić information content (AvgIpc) is 2.67. The third-order valence-electron chi connectivity index (χ3n) is 3.86. The number of carboxylic acid groups (broad SMARTS) is 1. The van der Waals surface area contributed by atoms with E-state index in [1.165, 1.54) is 11.9 Å². The van der Waals surface area contributed by atoms with Crippen LogP contribution in [0.5, 0.6) is 0 Å². The van der Waals surface area contributed by atoms with Gasteiger partial charge in [0.15, 0.2) is 0 Å². The van der Waals surface area contributed by atoms with Gasteiger partial charge in [0.2, 0.25) is 0 Å². The first-order valence-corrected chi connectivity index (χ1v) is 8.41. The van der Waals surface area contributed by atoms with E-state index in [2.05, 4.69) is 32.7 Å². The Morgan fingerprint density at radius 2 is 1.69 bits per heavy atom. The van der Waals surface area contributed by atoms with Crippen molar-refractivity contribution in [3.63, 3.8) is 0 Å². The first-order valence-electron chi connectivity index (χ1n) is 8.41. The minimum absolute atomic E-state index is 0.249. The summed E-state index contributed by atoms with van der Waals surface area (Å²) in [6.07, 6.45) is 3.51. The van der Waals surface area contributed by atoms with Gasteiger partial charge in [-0.3, -0.25) is 0 Å². The average molecular weight is 348 g/mol. The summed E-state index contributed by atoms with van der Waals surface area (Å²) in [5, 5.41) is 15.4. The first-order chi connectivity index (χ1) is 12.7. The van der Waals surface area contributed by atoms with E-state index >= 15 is 0 Å². The lowest BCUT2D eigenvalue weighted by molar-refractivity contribution is 0.0697. The molecule has 1 heterocycles. The van der Waals surface area contributed by atoms with E-state index in [4.69, 9.17) is 5.11 Å². The summed E-state index contributed by atoms with van der Waals surface area (Å²) >= 11 is 0. The van der Waals surface area contributed by atoms with Crippen LogP contribution in [0.4, 0.5) is 17.3 Å². The van der Waals surface area contributed by atoms with Crippen LogP contribution < -0.4 is 10.6 Å². The number of nitrogens with zero attached hydrogens (tertiary/aromatic N) is 2. The fourth-order valence-corrected chi connectivity index (χ4v) is 2.52. The maximum atomic E-state index is 10.9. The van der Waals surface area contributed by atoms with Gasteiger partial charge in [0.1, 0.15) is 18.0 Å². The minimum atomic E-state index is -0.944. The molecule has 0 aliphatic heterocycles. The SMILES string of the molecule is O=C(O)c1ccc(Nc2cc(NCCCc3ccccc3)ncn2)cc1. The smallest absolute Gasteiger partial charge is 0.335 e. The monoisotopic (exact) mass is 348 g/mol. The third kappa shape index (κ3) is 5.04. The summed E-state index contributed by atoms with van der Waals surface area (Å²) in [6.45, 7) is 0.818. The van der Waals surface area contributed by atoms with Crippen molar-refractivity contribution in [1.29, 1.82) is 0 Å². The van der Waals surface area contributed by atoms with Crippen LogP contribution in [0.2, 0.25) is 0 Å². The molecule has 0 fully saturated rings. The lowest BCUT2D eigenvalue weighted by Crippen LogP contribution is -2.05. The van der Waals surface area contributed by atoms with E-state index in [0.29, 0.717) is 5.82 Å². The number of carboxylic acids is 1. The molecule has 6 heteroatoms. The van der Waals surface area contributed by atoms with Gasteiger partial charge < -0.3 is 15.7 Å². The molecule has 0 unspecified atom stereocenters. The van der Waals surface area contributed by atoms with Crippen molar-refractivity contribution in [2.24, 2.45) is 0 Å². The standard InChI is InChI=1S/C20H20N4O2/c25-20(26)16-8-10-17(11-9-16)24-19-13-18(22-14-23-19)21-12-4-7-15-5-2-1-3-6-15/h1-3,5-6,8-11,13-14H,4,7,12H2,(H,25,26)(H2,21,22,23,24). The van der Waals surface area contributed by atoms with Crippen molar-refractivity contribution in [3.05, 3.63) is 78.1 Å². The Morgan fingerprint density at radius 3 is 2.42 bits per heavy atom. The fraction of sp³-hybridized carbons (Fsp3) is 0.150. The molecule has 0 radical (unpaired) electrons. The number of aromatic carboxylic acids is 1. The van der Waals surface area contributed by atoms with Crippen LogP contribution in [0.1, 0.15) is 22.3 Å². The van der Waals surface area contributed by atoms with E-state index in [0.717, 1.165) is 30.9 Å². The van der Waals surface area contributed by atoms with Gasteiger partial charge in [0, 0.05) is 18.3 Å². The molecule has 0 atom stereocenters. The molecule has 6 nitrogen and oxygen atoms in total. The molecule has 0 aliphatic rings. The molecule has 3 rings (SSSR count). The molecular formula is C20H20N4O2. The van der Waals surface area contributed by atoms with Gasteiger partial charge in [-0.05, 0) is 42.7 Å². The second-order valence-electron chi connectivity index (χ2n) is 5.81. The number of aromatic nitrogens is 2. The number of rotatable bonds is 8. The summed E-state index contributed by atoms with van der Waals surface area (Å²) in [7, 11) is 0. The molecule has 0 saturated heterocycles. The zero-order valence-electron chi connectivity index (χ0n) is 14.2. The van der Waals surface area contributed by atoms with Crippen molar-refractivity contribution in [3.8, 4) is 0 Å². The third-order valence-corrected chi connectivity index (χ3v) is 3.86. The van der Waals surface area contributed by atoms with Crippen LogP contribution in [0.25, 0.3) is 0 Å². The lowest BCUT2D eigenvalue weighted by atomic mass is 10.1. The van der Waals surface area contributed by atoms with Crippen LogP contribution in [0.3, 0.4) is 0 Å². The maximum Gasteiger partial charge on any atom is 0.335 e. The van der Waals surface area contributed by atoms with E-state index < -0.39 is 5.97 Å². The second kappa shape index (κ2) is 8.62. The minimum Gasteiger partial charge on any atom is -0.478 e. The summed E-state index contributed by atoms with van der Waals surface area (Å²) in [5.41, 5.74) is 2.34. The number of carbonyl (C=O) groups is 1. The highest BCUT2D eigenvalue weighted by molar-refractivity contribution is 5.88. The van der Waals surface area contributed by atoms with Gasteiger partial charge >= 0.3 is 5.97 Å². The molecule has 0 aliphatic carbocycles. The zero-order valence-corrected chi connectivity index (χ0v) is 14.2. The lowest BCUT2D eigenvalue weighted by Gasteiger charge is -2.09. The van der Waals surface area contributed by atoms with Crippen molar-refractivity contribution in [2.45, 2.75) is 12.8 Å². The number of anilines is 3. The predicted octanol–water partition coefficient (Wildman–Crippen LogP) is 3.96. The number of hydrogen-bond acceptors (Lipinski definition) is 5. The Hall–Kier alpha value is -3.41. The summed E-state index contributed by atoms with van der Waals surface area (Å²) in [4.78, 5) is 19.3. The normalized spacial score (nSPS) is 10.3. The number of nitrogens with one attached hydrogen (secondary N) is 2. The van der Waals surface area contributed by atoms with E-state index in [1.807, 2.05) is 24.3 Å². The van der Waals surface area contributed by atoms with Gasteiger partial charge in [-0.25, -0.2) is 14.8 Å². The van der Waals surface area contributed by atoms with Gasteiger partial charge in [-0.2, -0.15) is 0 Å². The Bertz CT molecular complexity index is 851. The zero-order chi connectivity index (χ0) is 18.2. The molecule has 0 saturated carbocycles. The Labute approximate surface area is 152 Å². The number of aryl methyl sites for hydroxylation is 1. The van der Waals surface area contributed by atoms with Crippen molar-refractivity contribution in [1.82, 2.24) is 9.97 Å². The van der Waals surface area contributed by atoms with Crippen LogP contribution in [-0.2, 0) is 6.42 Å². The van der Waals surface area contributed by atoms with Crippen molar-refractivity contribution >= 4 is 23.3 Å². The Morgan fingerprint density at radius 1 is 0.962 bits per heavy atom. The molecule has 132 valence electrons. The highest BCUT2D eigenvalue weighted by Gasteiger charge is 2.03. The topological polar surface area (TPSA) is 87.1 Å². The largest absolute Gasteiger partial charge is 0.478 e. The van der Waals surface area contributed by atoms with Crippen LogP contribution >= 0.6 is 0 Å². The summed E-state index contributed by atoms with van der Waals surface area (Å²) in [5.74, 6) is 0.451. The molecule has 26 heavy (non-hydrogen) atoms. The quantitative estimate of drug-likeness (QED) is 0.534. The van der Waals surface area contributed by atoms with E-state index in [9.17, 15) is 4.79 Å². The van der Waals surface area contributed by atoms with Crippen LogP contribution in [0.15, 0.2) is 67.0 Å².